The number of hydrogen-bond acceptors (Lipinski definition) is 14. The van der Waals surface area contributed by atoms with Crippen molar-refractivity contribution in [1.29, 1.82) is 5.26 Å². The van der Waals surface area contributed by atoms with Gasteiger partial charge in [-0.1, -0.05) is 261 Å². The highest BCUT2D eigenvalue weighted by molar-refractivity contribution is 7.13. The number of aromatic nitrogens is 10. The zero-order valence-electron chi connectivity index (χ0n) is 70.2. The molecule has 16 aromatic rings. The van der Waals surface area contributed by atoms with Crippen molar-refractivity contribution in [3.63, 3.8) is 0 Å². The first-order valence-electron chi connectivity index (χ1n) is 42.8. The van der Waals surface area contributed by atoms with E-state index in [-0.39, 0.29) is 74.9 Å². The molecule has 25 heteroatoms. The molecule has 4 amide bonds. The minimum Gasteiger partial charge on any atom is -0.345 e. The summed E-state index contributed by atoms with van der Waals surface area (Å²) in [6, 6.07) is 100. The molecule has 0 aliphatic carbocycles. The fourth-order valence-electron chi connectivity index (χ4n) is 16.7. The van der Waals surface area contributed by atoms with Crippen molar-refractivity contribution < 1.29 is 32.3 Å². The molecule has 2 fully saturated rings. The molecule has 20 nitrogen and oxygen atoms in total. The first kappa shape index (κ1) is 85.4. The third-order valence-electron chi connectivity index (χ3n) is 23.4. The molecule has 0 saturated carbocycles. The van der Waals surface area contributed by atoms with Crippen molar-refractivity contribution in [3.8, 4) is 96.1 Å². The predicted molar refractivity (Wildman–Crippen MR) is 495 cm³/mol. The van der Waals surface area contributed by atoms with Gasteiger partial charge in [0.2, 0.25) is 23.6 Å². The number of amides is 4. The molecule has 128 heavy (non-hydrogen) atoms. The quantitative estimate of drug-likeness (QED) is 0.0787. The fourth-order valence-corrected chi connectivity index (χ4v) is 18.2. The van der Waals surface area contributed by atoms with Crippen LogP contribution in [0.1, 0.15) is 57.1 Å². The predicted octanol–water partition coefficient (Wildman–Crippen LogP) is 19.6. The summed E-state index contributed by atoms with van der Waals surface area (Å²) in [5, 5.41) is 34.5. The molecule has 0 radical (unpaired) electrons. The first-order valence-corrected chi connectivity index (χ1v) is 44.5. The number of piperidine rings is 1. The van der Waals surface area contributed by atoms with Crippen LogP contribution in [0.5, 0.6) is 0 Å². The first-order chi connectivity index (χ1) is 62.7. The topological polar surface area (TPSA) is 205 Å². The number of alkyl halides is 3. The van der Waals surface area contributed by atoms with Crippen molar-refractivity contribution in [2.45, 2.75) is 77.0 Å². The van der Waals surface area contributed by atoms with Gasteiger partial charge in [0.15, 0.2) is 5.13 Å². The summed E-state index contributed by atoms with van der Waals surface area (Å²) in [7, 11) is 0. The van der Waals surface area contributed by atoms with Gasteiger partial charge in [-0.2, -0.15) is 38.8 Å². The number of nitriles is 1. The van der Waals surface area contributed by atoms with Gasteiger partial charge in [-0.25, -0.2) is 9.97 Å². The third kappa shape index (κ3) is 20.6. The summed E-state index contributed by atoms with van der Waals surface area (Å²) in [6.07, 6.45) is 2.17. The van der Waals surface area contributed by atoms with Gasteiger partial charge < -0.3 is 24.5 Å². The maximum Gasteiger partial charge on any atom is 0.416 e. The highest BCUT2D eigenvalue weighted by Crippen LogP contribution is 2.38. The second-order valence-corrected chi connectivity index (χ2v) is 33.4. The van der Waals surface area contributed by atoms with E-state index in [1.54, 1.807) is 38.3 Å². The van der Waals surface area contributed by atoms with E-state index in [9.17, 15) is 32.3 Å². The maximum atomic E-state index is 13.4. The molecule has 640 valence electrons. The van der Waals surface area contributed by atoms with Gasteiger partial charge in [-0.15, -0.1) is 22.7 Å². The molecular formula is C103H91F3N16O4S2. The van der Waals surface area contributed by atoms with Crippen molar-refractivity contribution in [1.82, 2.24) is 68.7 Å². The molecule has 10 aromatic carbocycles. The third-order valence-corrected chi connectivity index (χ3v) is 25.2. The SMILES string of the molecule is N#Cc1ccc2c(c1)CCN(C(=O)Cn1nc(-c3ccccc3)cc1-c1ccccc1)C2.O=C(Cn1nc(-c2ccccc2)cc1-c1ccccc1)N1CCC(c2nccs2)CC1.O=C(Cn1nc(-c2ccccc2)cc1-c1ccccc1)N1CCN(c2nccs2)CC1.O=C(Cn1nc(-c2ccccc2)cc1-c1ccccc1)N1CCc2c(cccc2C(F)(F)F)C1. The van der Waals surface area contributed by atoms with E-state index >= 15 is 0 Å². The number of fused-ring (bicyclic) bond motifs is 2. The molecule has 4 aliphatic rings. The molecule has 4 aliphatic heterocycles. The Hall–Kier alpha value is -14.7. The van der Waals surface area contributed by atoms with Crippen LogP contribution in [-0.4, -0.2) is 145 Å². The van der Waals surface area contributed by atoms with Crippen LogP contribution in [-0.2, 0) is 77.5 Å². The summed E-state index contributed by atoms with van der Waals surface area (Å²) in [5.41, 5.74) is 18.3. The number of thiazole rings is 2. The lowest BCUT2D eigenvalue weighted by Crippen LogP contribution is -2.49. The Morgan fingerprint density at radius 2 is 0.719 bits per heavy atom. The van der Waals surface area contributed by atoms with E-state index in [4.69, 9.17) is 25.7 Å². The molecule has 20 rings (SSSR count). The van der Waals surface area contributed by atoms with Crippen LogP contribution in [0.2, 0.25) is 0 Å². The zero-order chi connectivity index (χ0) is 87.7. The van der Waals surface area contributed by atoms with Crippen LogP contribution in [0.4, 0.5) is 18.3 Å². The van der Waals surface area contributed by atoms with E-state index in [2.05, 4.69) is 57.3 Å². The number of nitrogens with zero attached hydrogens (tertiary/aromatic N) is 16. The smallest absolute Gasteiger partial charge is 0.345 e. The summed E-state index contributed by atoms with van der Waals surface area (Å²) in [4.78, 5) is 71.2. The monoisotopic (exact) mass is 1740 g/mol. The number of anilines is 1. The fraction of sp³-hybridized carbons (Fsp3) is 0.194. The average molecular weight is 1740 g/mol. The second kappa shape index (κ2) is 40.1. The Balaban J connectivity index is 0.000000120. The molecule has 10 heterocycles. The normalized spacial score (nSPS) is 13.8. The Labute approximate surface area is 748 Å². The summed E-state index contributed by atoms with van der Waals surface area (Å²) >= 11 is 3.35. The molecule has 0 unspecified atom stereocenters. The van der Waals surface area contributed by atoms with Gasteiger partial charge in [-0.3, -0.25) is 37.9 Å². The summed E-state index contributed by atoms with van der Waals surface area (Å²) in [6.45, 7) is 6.84. The number of benzene rings is 10. The lowest BCUT2D eigenvalue weighted by atomic mass is 9.94. The van der Waals surface area contributed by atoms with Crippen LogP contribution >= 0.6 is 22.7 Å². The van der Waals surface area contributed by atoms with Crippen LogP contribution < -0.4 is 4.90 Å². The van der Waals surface area contributed by atoms with Gasteiger partial charge in [-0.05, 0) is 113 Å². The highest BCUT2D eigenvalue weighted by Gasteiger charge is 2.37. The highest BCUT2D eigenvalue weighted by atomic mass is 32.1. The van der Waals surface area contributed by atoms with Crippen LogP contribution in [0.25, 0.3) is 90.1 Å². The van der Waals surface area contributed by atoms with Gasteiger partial charge in [0.1, 0.15) is 26.2 Å². The number of carbonyl (C=O) groups is 4. The Kier molecular flexibility index (Phi) is 26.7. The van der Waals surface area contributed by atoms with E-state index in [1.165, 1.54) is 11.1 Å². The Morgan fingerprint density at radius 3 is 1.09 bits per heavy atom. The van der Waals surface area contributed by atoms with Gasteiger partial charge in [0, 0.05) is 117 Å². The van der Waals surface area contributed by atoms with Crippen LogP contribution in [0, 0.1) is 11.3 Å². The number of likely N-dealkylation sites (tertiary alicyclic amines) is 1. The number of carbonyl (C=O) groups excluding carboxylic acids is 4. The molecule has 0 atom stereocenters. The van der Waals surface area contributed by atoms with Crippen molar-refractivity contribution in [2.75, 3.05) is 57.3 Å². The summed E-state index contributed by atoms with van der Waals surface area (Å²) in [5.74, 6) is 0.553. The van der Waals surface area contributed by atoms with Crippen molar-refractivity contribution in [3.05, 3.63) is 365 Å². The molecule has 6 aromatic heterocycles. The van der Waals surface area contributed by atoms with Crippen molar-refractivity contribution >= 4 is 51.4 Å². The van der Waals surface area contributed by atoms with Crippen molar-refractivity contribution in [2.24, 2.45) is 0 Å². The molecule has 0 N–H and O–H groups in total. The average Bonchev–Trinajstić information content (AvgIpc) is 1.45. The lowest BCUT2D eigenvalue weighted by Gasteiger charge is -2.34. The second-order valence-electron chi connectivity index (χ2n) is 31.6. The van der Waals surface area contributed by atoms with E-state index < -0.39 is 11.7 Å². The largest absolute Gasteiger partial charge is 0.416 e. The molecular weight excluding hydrogens is 1650 g/mol. The summed E-state index contributed by atoms with van der Waals surface area (Å²) < 4.78 is 47.3. The molecule has 0 spiro atoms. The molecule has 2 saturated heterocycles. The number of piperazine rings is 1. The van der Waals surface area contributed by atoms with Gasteiger partial charge >= 0.3 is 6.18 Å². The number of halogens is 3. The van der Waals surface area contributed by atoms with E-state index in [0.29, 0.717) is 43.2 Å². The minimum absolute atomic E-state index is 0.00531. The van der Waals surface area contributed by atoms with Crippen LogP contribution in [0.15, 0.2) is 326 Å². The number of hydrogen-bond donors (Lipinski definition) is 0. The van der Waals surface area contributed by atoms with Gasteiger partial charge in [0.25, 0.3) is 0 Å². The Bertz CT molecular complexity index is 6270. The van der Waals surface area contributed by atoms with Crippen LogP contribution in [0.3, 0.4) is 0 Å². The molecule has 0 bridgehead atoms. The maximum absolute atomic E-state index is 13.4. The number of rotatable bonds is 18. The minimum atomic E-state index is -4.40. The van der Waals surface area contributed by atoms with E-state index in [0.717, 1.165) is 158 Å². The van der Waals surface area contributed by atoms with Gasteiger partial charge in [0.05, 0.1) is 67.8 Å². The standard InChI is InChI=1S/C27H22F3N3O.C27H22N4O.C25H24N4OS.C24H23N5OS/c28-27(29,30)23-13-7-12-21-17-32(15-14-22(21)23)26(34)18-33-25(20-10-5-2-6-11-20)16-24(31-33)19-8-3-1-4-9-19;28-17-20-11-12-24-18-30(14-13-23(24)15-20)27(32)19-31-26(22-9-5-2-6-10-22)16-25(29-31)21-7-3-1-4-8-21;30-24(28-14-11-21(12-15-28)25-26-13-16-31-25)18-29-23(20-9-5-2-6-10-20)17-22(27-29)19-7-3-1-4-8-19;30-23(27-12-14-28(15-13-27)24-25-11-16-31-24)18-29-22(20-9-5-2-6-10-20)17-21(26-29)19-7-3-1-4-8-19/h1-13,16H,14-15,17-18H2;1-12,15-16H,13-14,18-19H2;1-10,13,16-17,21H,11-12,14-15,18H2;1-11,16-17H,12-15,18H2. The lowest BCUT2D eigenvalue weighted by molar-refractivity contribution is -0.139. The van der Waals surface area contributed by atoms with E-state index in [1.807, 2.05) is 301 Å². The Morgan fingerprint density at radius 1 is 0.359 bits per heavy atom. The zero-order valence-corrected chi connectivity index (χ0v) is 71.9.